The fourth-order valence-electron chi connectivity index (χ4n) is 2.68. The molecule has 27 heavy (non-hydrogen) atoms. The first-order chi connectivity index (χ1) is 12.7. The Morgan fingerprint density at radius 3 is 2.63 bits per heavy atom. The molecule has 0 aliphatic rings. The summed E-state index contributed by atoms with van der Waals surface area (Å²) < 4.78 is 13.0. The highest BCUT2D eigenvalue weighted by atomic mass is 127. The van der Waals surface area contributed by atoms with Crippen LogP contribution in [0.15, 0.2) is 59.9 Å². The van der Waals surface area contributed by atoms with Gasteiger partial charge in [-0.05, 0) is 29.3 Å². The molecule has 3 aromatic rings. The van der Waals surface area contributed by atoms with Gasteiger partial charge in [0.2, 0.25) is 0 Å². The third kappa shape index (κ3) is 5.75. The highest BCUT2D eigenvalue weighted by Gasteiger charge is 2.08. The van der Waals surface area contributed by atoms with Gasteiger partial charge in [0.1, 0.15) is 12.1 Å². The Hall–Kier alpha value is -2.49. The van der Waals surface area contributed by atoms with Crippen molar-refractivity contribution in [2.75, 3.05) is 14.1 Å². The van der Waals surface area contributed by atoms with Crippen molar-refractivity contribution < 1.29 is 4.39 Å². The minimum absolute atomic E-state index is 0. The largest absolute Gasteiger partial charge is 0.352 e. The first-order valence-electron chi connectivity index (χ1n) is 8.26. The molecule has 0 unspecified atom stereocenters. The van der Waals surface area contributed by atoms with E-state index in [9.17, 15) is 4.39 Å². The van der Waals surface area contributed by atoms with Crippen LogP contribution in [0, 0.1) is 5.82 Å². The summed E-state index contributed by atoms with van der Waals surface area (Å²) in [5, 5.41) is 10.1. The number of rotatable bonds is 5. The Balaban J connectivity index is 0.00000261. The Labute approximate surface area is 175 Å². The average molecular weight is 480 g/mol. The predicted octanol–water partition coefficient (Wildman–Crippen LogP) is 3.44. The van der Waals surface area contributed by atoms with Crippen molar-refractivity contribution in [3.63, 3.8) is 0 Å². The lowest BCUT2D eigenvalue weighted by atomic mass is 10.1. The van der Waals surface area contributed by atoms with E-state index in [-0.39, 0.29) is 29.8 Å². The quantitative estimate of drug-likeness (QED) is 0.334. The van der Waals surface area contributed by atoms with E-state index in [1.165, 1.54) is 18.5 Å². The number of halogens is 2. The molecule has 0 aliphatic carbocycles. The molecule has 8 heteroatoms. The average Bonchev–Trinajstić information content (AvgIpc) is 3.19. The van der Waals surface area contributed by atoms with E-state index >= 15 is 0 Å². The van der Waals surface area contributed by atoms with Gasteiger partial charge in [-0.1, -0.05) is 30.3 Å². The summed E-state index contributed by atoms with van der Waals surface area (Å²) in [6.45, 7) is 1.26. The topological polar surface area (TPSA) is 69.2 Å². The summed E-state index contributed by atoms with van der Waals surface area (Å²) in [7, 11) is 3.69. The Bertz CT molecular complexity index is 864. The van der Waals surface area contributed by atoms with Crippen LogP contribution in [0.2, 0.25) is 0 Å². The van der Waals surface area contributed by atoms with Crippen molar-refractivity contribution >= 4 is 29.9 Å². The maximum absolute atomic E-state index is 13.0. The van der Waals surface area contributed by atoms with Crippen LogP contribution < -0.4 is 5.32 Å². The zero-order valence-electron chi connectivity index (χ0n) is 15.2. The molecule has 3 rings (SSSR count). The molecule has 0 amide bonds. The van der Waals surface area contributed by atoms with Crippen LogP contribution in [0.3, 0.4) is 0 Å². The molecule has 1 aromatic heterocycles. The van der Waals surface area contributed by atoms with E-state index in [0.29, 0.717) is 13.1 Å². The molecule has 2 aromatic carbocycles. The summed E-state index contributed by atoms with van der Waals surface area (Å²) in [5.74, 6) is 1.27. The van der Waals surface area contributed by atoms with E-state index in [1.807, 2.05) is 30.1 Å². The first-order valence-corrected chi connectivity index (χ1v) is 8.26. The number of nitrogens with one attached hydrogen (secondary N) is 2. The summed E-state index contributed by atoms with van der Waals surface area (Å²) >= 11 is 0. The van der Waals surface area contributed by atoms with Crippen LogP contribution >= 0.6 is 24.0 Å². The van der Waals surface area contributed by atoms with Crippen LogP contribution in [0.5, 0.6) is 0 Å². The number of benzene rings is 2. The third-order valence-electron chi connectivity index (χ3n) is 3.97. The van der Waals surface area contributed by atoms with E-state index < -0.39 is 0 Å². The summed E-state index contributed by atoms with van der Waals surface area (Å²) in [5.41, 5.74) is 3.11. The second-order valence-corrected chi connectivity index (χ2v) is 5.92. The molecular formula is C19H22FIN6. The monoisotopic (exact) mass is 480 g/mol. The molecule has 0 fully saturated rings. The fourth-order valence-corrected chi connectivity index (χ4v) is 2.68. The number of aromatic amines is 1. The highest BCUT2D eigenvalue weighted by molar-refractivity contribution is 14.0. The third-order valence-corrected chi connectivity index (χ3v) is 3.97. The van der Waals surface area contributed by atoms with Crippen molar-refractivity contribution in [2.24, 2.45) is 4.99 Å². The summed E-state index contributed by atoms with van der Waals surface area (Å²) in [4.78, 5) is 10.5. The molecular weight excluding hydrogens is 458 g/mol. The fraction of sp³-hybridized carbons (Fsp3) is 0.211. The smallest absolute Gasteiger partial charge is 0.193 e. The van der Waals surface area contributed by atoms with Crippen LogP contribution in [0.25, 0.3) is 11.4 Å². The highest BCUT2D eigenvalue weighted by Crippen LogP contribution is 2.15. The molecule has 0 aliphatic heterocycles. The van der Waals surface area contributed by atoms with Gasteiger partial charge in [-0.3, -0.25) is 10.1 Å². The molecule has 1 heterocycles. The number of H-pyrrole nitrogens is 1. The number of aromatic nitrogens is 3. The van der Waals surface area contributed by atoms with E-state index in [0.717, 1.165) is 28.5 Å². The molecule has 0 atom stereocenters. The zero-order valence-corrected chi connectivity index (χ0v) is 17.5. The van der Waals surface area contributed by atoms with Gasteiger partial charge < -0.3 is 10.2 Å². The maximum atomic E-state index is 13.0. The van der Waals surface area contributed by atoms with E-state index in [4.69, 9.17) is 0 Å². The molecule has 142 valence electrons. The van der Waals surface area contributed by atoms with Crippen LogP contribution in [0.1, 0.15) is 11.1 Å². The minimum Gasteiger partial charge on any atom is -0.352 e. The maximum Gasteiger partial charge on any atom is 0.193 e. The van der Waals surface area contributed by atoms with Crippen LogP contribution in [0.4, 0.5) is 4.39 Å². The zero-order chi connectivity index (χ0) is 18.4. The SMILES string of the molecule is CN=C(NCc1cccc(-c2ncn[nH]2)c1)N(C)Cc1ccc(F)cc1.I. The van der Waals surface area contributed by atoms with Crippen molar-refractivity contribution in [3.05, 3.63) is 71.8 Å². The number of nitrogens with zero attached hydrogens (tertiary/aromatic N) is 4. The molecule has 0 bridgehead atoms. The standard InChI is InChI=1S/C19H21FN6.HI/c1-21-19(26(2)12-14-6-8-17(20)9-7-14)22-11-15-4-3-5-16(10-15)18-23-13-24-25-18;/h3-10,13H,11-12H2,1-2H3,(H,21,22)(H,23,24,25);1H. The molecule has 0 saturated carbocycles. The van der Waals surface area contributed by atoms with Gasteiger partial charge in [-0.15, -0.1) is 24.0 Å². The molecule has 0 radical (unpaired) electrons. The summed E-state index contributed by atoms with van der Waals surface area (Å²) in [6, 6.07) is 14.6. The molecule has 0 saturated heterocycles. The van der Waals surface area contributed by atoms with Crippen LogP contribution in [-0.4, -0.2) is 40.1 Å². The lowest BCUT2D eigenvalue weighted by molar-refractivity contribution is 0.476. The van der Waals surface area contributed by atoms with Gasteiger partial charge >= 0.3 is 0 Å². The number of hydrogen-bond acceptors (Lipinski definition) is 3. The normalized spacial score (nSPS) is 11.0. The summed E-state index contributed by atoms with van der Waals surface area (Å²) in [6.07, 6.45) is 1.49. The second-order valence-electron chi connectivity index (χ2n) is 5.92. The van der Waals surface area contributed by atoms with Crippen molar-refractivity contribution in [1.29, 1.82) is 0 Å². The predicted molar refractivity (Wildman–Crippen MR) is 115 cm³/mol. The van der Waals surface area contributed by atoms with Gasteiger partial charge in [-0.25, -0.2) is 9.37 Å². The Morgan fingerprint density at radius 1 is 1.19 bits per heavy atom. The first kappa shape index (κ1) is 20.8. The Morgan fingerprint density at radius 2 is 1.96 bits per heavy atom. The lowest BCUT2D eigenvalue weighted by Gasteiger charge is -2.22. The Kier molecular flexibility index (Phi) is 7.71. The minimum atomic E-state index is -0.231. The molecule has 0 spiro atoms. The van der Waals surface area contributed by atoms with Gasteiger partial charge in [0.05, 0.1) is 0 Å². The lowest BCUT2D eigenvalue weighted by Crippen LogP contribution is -2.38. The number of aliphatic imine (C=N–C) groups is 1. The second kappa shape index (κ2) is 10.0. The van der Waals surface area contributed by atoms with Gasteiger partial charge in [0.25, 0.3) is 0 Å². The van der Waals surface area contributed by atoms with E-state index in [1.54, 1.807) is 19.2 Å². The van der Waals surface area contributed by atoms with E-state index in [2.05, 4.69) is 31.6 Å². The number of hydrogen-bond donors (Lipinski definition) is 2. The van der Waals surface area contributed by atoms with Crippen molar-refractivity contribution in [2.45, 2.75) is 13.1 Å². The molecule has 2 N–H and O–H groups in total. The van der Waals surface area contributed by atoms with Crippen LogP contribution in [-0.2, 0) is 13.1 Å². The van der Waals surface area contributed by atoms with Crippen molar-refractivity contribution in [1.82, 2.24) is 25.4 Å². The van der Waals surface area contributed by atoms with Gasteiger partial charge in [0, 0.05) is 32.7 Å². The van der Waals surface area contributed by atoms with Crippen molar-refractivity contribution in [3.8, 4) is 11.4 Å². The number of guanidine groups is 1. The van der Waals surface area contributed by atoms with Gasteiger partial charge in [-0.2, -0.15) is 5.10 Å². The van der Waals surface area contributed by atoms with Gasteiger partial charge in [0.15, 0.2) is 11.8 Å². The molecule has 6 nitrogen and oxygen atoms in total.